The van der Waals surface area contributed by atoms with Crippen LogP contribution in [0.15, 0.2) is 24.3 Å². The van der Waals surface area contributed by atoms with E-state index in [2.05, 4.69) is 10.6 Å². The maximum absolute atomic E-state index is 12.4. The van der Waals surface area contributed by atoms with Crippen LogP contribution in [0.4, 0.5) is 5.00 Å². The molecule has 1 aromatic heterocycles. The number of hydrogen-bond donors (Lipinski definition) is 2. The summed E-state index contributed by atoms with van der Waals surface area (Å²) in [7, 11) is 0. The second-order valence-electron chi connectivity index (χ2n) is 6.21. The molecule has 0 aliphatic carbocycles. The van der Waals surface area contributed by atoms with Crippen molar-refractivity contribution in [2.24, 2.45) is 0 Å². The first kappa shape index (κ1) is 22.1. The topological polar surface area (TPSA) is 84.5 Å². The van der Waals surface area contributed by atoms with E-state index in [4.69, 9.17) is 16.3 Å². The van der Waals surface area contributed by atoms with Crippen molar-refractivity contribution in [3.8, 4) is 0 Å². The van der Waals surface area contributed by atoms with Crippen molar-refractivity contribution in [1.29, 1.82) is 0 Å². The van der Waals surface area contributed by atoms with Gasteiger partial charge in [-0.3, -0.25) is 9.59 Å². The van der Waals surface area contributed by atoms with E-state index in [1.807, 2.05) is 25.1 Å². The average Bonchev–Trinajstić information content (AvgIpc) is 2.96. The summed E-state index contributed by atoms with van der Waals surface area (Å²) < 4.78 is 5.07. The summed E-state index contributed by atoms with van der Waals surface area (Å²) in [4.78, 5) is 37.0. The van der Waals surface area contributed by atoms with Gasteiger partial charge in [0.25, 0.3) is 0 Å². The van der Waals surface area contributed by atoms with Gasteiger partial charge in [0, 0.05) is 11.1 Å². The minimum atomic E-state index is -0.559. The van der Waals surface area contributed by atoms with Crippen LogP contribution in [-0.4, -0.2) is 30.8 Å². The quantitative estimate of drug-likeness (QED) is 0.487. The van der Waals surface area contributed by atoms with E-state index in [1.54, 1.807) is 19.9 Å². The number of benzene rings is 1. The zero-order valence-electron chi connectivity index (χ0n) is 16.2. The highest BCUT2D eigenvalue weighted by atomic mass is 35.5. The Labute approximate surface area is 173 Å². The number of Topliss-reactive ketones (excluding diaryl/α,β-unsaturated/α-hetero) is 1. The van der Waals surface area contributed by atoms with Gasteiger partial charge in [0.15, 0.2) is 5.78 Å². The molecule has 1 aromatic carbocycles. The lowest BCUT2D eigenvalue weighted by Gasteiger charge is -2.15. The van der Waals surface area contributed by atoms with E-state index in [9.17, 15) is 14.4 Å². The molecule has 0 spiro atoms. The van der Waals surface area contributed by atoms with Gasteiger partial charge in [0.05, 0.1) is 23.6 Å². The number of esters is 1. The molecule has 150 valence electrons. The molecule has 0 unspecified atom stereocenters. The van der Waals surface area contributed by atoms with Crippen LogP contribution in [-0.2, 0) is 9.53 Å². The van der Waals surface area contributed by atoms with Crippen molar-refractivity contribution >= 4 is 45.6 Å². The summed E-state index contributed by atoms with van der Waals surface area (Å²) in [5, 5.41) is 6.76. The largest absolute Gasteiger partial charge is 0.462 e. The molecule has 0 aliphatic heterocycles. The number of thiophene rings is 1. The average molecular weight is 423 g/mol. The number of carbonyl (C=O) groups excluding carboxylic acids is 3. The van der Waals surface area contributed by atoms with Crippen molar-refractivity contribution in [2.45, 2.75) is 33.7 Å². The molecule has 0 radical (unpaired) electrons. The first-order valence-electron chi connectivity index (χ1n) is 8.85. The maximum Gasteiger partial charge on any atom is 0.341 e. The summed E-state index contributed by atoms with van der Waals surface area (Å²) in [6, 6.07) is 7.26. The molecule has 0 saturated carbocycles. The Hall–Kier alpha value is -2.22. The van der Waals surface area contributed by atoms with Gasteiger partial charge in [-0.25, -0.2) is 4.79 Å². The smallest absolute Gasteiger partial charge is 0.341 e. The van der Waals surface area contributed by atoms with Gasteiger partial charge in [0.2, 0.25) is 5.91 Å². The summed E-state index contributed by atoms with van der Waals surface area (Å²) in [5.41, 5.74) is 1.63. The molecule has 0 fully saturated rings. The van der Waals surface area contributed by atoms with Crippen molar-refractivity contribution in [1.82, 2.24) is 5.32 Å². The zero-order valence-corrected chi connectivity index (χ0v) is 17.8. The van der Waals surface area contributed by atoms with Crippen LogP contribution in [0.5, 0.6) is 0 Å². The number of halogens is 1. The summed E-state index contributed by atoms with van der Waals surface area (Å²) in [6.07, 6.45) is 0. The first-order valence-corrected chi connectivity index (χ1v) is 10.0. The van der Waals surface area contributed by atoms with Crippen LogP contribution >= 0.6 is 22.9 Å². The molecular weight excluding hydrogens is 400 g/mol. The van der Waals surface area contributed by atoms with E-state index in [0.717, 1.165) is 16.9 Å². The molecule has 2 N–H and O–H groups in total. The standard InChI is InChI=1S/C20H23ClN2O4S/c1-5-27-20(26)17-11(2)18(13(4)24)28-19(17)23-16(25)10-22-12(3)14-8-6-7-9-15(14)21/h6-9,12,22H,5,10H2,1-4H3,(H,23,25)/t12-/m0/s1. The highest BCUT2D eigenvalue weighted by Crippen LogP contribution is 2.34. The number of ketones is 1. The Morgan fingerprint density at radius 2 is 1.93 bits per heavy atom. The second kappa shape index (κ2) is 9.82. The van der Waals surface area contributed by atoms with Gasteiger partial charge in [-0.05, 0) is 44.9 Å². The molecule has 2 rings (SSSR count). The van der Waals surface area contributed by atoms with E-state index >= 15 is 0 Å². The Bertz CT molecular complexity index is 894. The van der Waals surface area contributed by atoms with Gasteiger partial charge in [-0.1, -0.05) is 29.8 Å². The lowest BCUT2D eigenvalue weighted by atomic mass is 10.1. The van der Waals surface area contributed by atoms with Gasteiger partial charge in [0.1, 0.15) is 5.00 Å². The zero-order chi connectivity index (χ0) is 20.8. The minimum Gasteiger partial charge on any atom is -0.462 e. The van der Waals surface area contributed by atoms with Gasteiger partial charge in [-0.15, -0.1) is 11.3 Å². The van der Waals surface area contributed by atoms with Crippen molar-refractivity contribution < 1.29 is 19.1 Å². The van der Waals surface area contributed by atoms with Crippen LogP contribution < -0.4 is 10.6 Å². The number of rotatable bonds is 8. The van der Waals surface area contributed by atoms with Crippen LogP contribution in [0.25, 0.3) is 0 Å². The molecule has 8 heteroatoms. The highest BCUT2D eigenvalue weighted by Gasteiger charge is 2.25. The van der Waals surface area contributed by atoms with Gasteiger partial charge >= 0.3 is 5.97 Å². The van der Waals surface area contributed by atoms with Crippen molar-refractivity contribution in [3.05, 3.63) is 50.9 Å². The third-order valence-electron chi connectivity index (χ3n) is 4.14. The van der Waals surface area contributed by atoms with Gasteiger partial charge in [-0.2, -0.15) is 0 Å². The third kappa shape index (κ3) is 5.19. The molecule has 6 nitrogen and oxygen atoms in total. The molecule has 1 heterocycles. The van der Waals surface area contributed by atoms with Crippen LogP contribution in [0.2, 0.25) is 5.02 Å². The number of amides is 1. The first-order chi connectivity index (χ1) is 13.3. The lowest BCUT2D eigenvalue weighted by molar-refractivity contribution is -0.115. The normalized spacial score (nSPS) is 11.8. The predicted molar refractivity (Wildman–Crippen MR) is 112 cm³/mol. The minimum absolute atomic E-state index is 0.0149. The molecule has 1 amide bonds. The van der Waals surface area contributed by atoms with E-state index in [-0.39, 0.29) is 36.4 Å². The molecule has 0 bridgehead atoms. The summed E-state index contributed by atoms with van der Waals surface area (Å²) in [5.74, 6) is -1.06. The van der Waals surface area contributed by atoms with Crippen LogP contribution in [0.3, 0.4) is 0 Å². The fourth-order valence-corrected chi connectivity index (χ4v) is 4.15. The molecule has 28 heavy (non-hydrogen) atoms. The summed E-state index contributed by atoms with van der Waals surface area (Å²) >= 11 is 7.26. The van der Waals surface area contributed by atoms with E-state index < -0.39 is 5.97 Å². The SMILES string of the molecule is CCOC(=O)c1c(NC(=O)CN[C@@H](C)c2ccccc2Cl)sc(C(C)=O)c1C. The Balaban J connectivity index is 2.12. The van der Waals surface area contributed by atoms with Gasteiger partial charge < -0.3 is 15.4 Å². The highest BCUT2D eigenvalue weighted by molar-refractivity contribution is 7.18. The maximum atomic E-state index is 12.4. The fraction of sp³-hybridized carbons (Fsp3) is 0.350. The Morgan fingerprint density at radius 3 is 2.54 bits per heavy atom. The van der Waals surface area contributed by atoms with Crippen molar-refractivity contribution in [3.63, 3.8) is 0 Å². The Morgan fingerprint density at radius 1 is 1.25 bits per heavy atom. The molecule has 0 saturated heterocycles. The number of carbonyl (C=O) groups is 3. The fourth-order valence-electron chi connectivity index (χ4n) is 2.74. The monoisotopic (exact) mass is 422 g/mol. The molecule has 1 atom stereocenters. The van der Waals surface area contributed by atoms with E-state index in [0.29, 0.717) is 20.5 Å². The number of anilines is 1. The molecule has 0 aliphatic rings. The van der Waals surface area contributed by atoms with Crippen LogP contribution in [0.1, 0.15) is 58.0 Å². The number of ether oxygens (including phenoxy) is 1. The number of hydrogen-bond acceptors (Lipinski definition) is 6. The molecular formula is C20H23ClN2O4S. The third-order valence-corrected chi connectivity index (χ3v) is 5.79. The van der Waals surface area contributed by atoms with Crippen molar-refractivity contribution in [2.75, 3.05) is 18.5 Å². The van der Waals surface area contributed by atoms with E-state index in [1.165, 1.54) is 6.92 Å². The Kier molecular flexibility index (Phi) is 7.74. The number of nitrogens with one attached hydrogen (secondary N) is 2. The lowest BCUT2D eigenvalue weighted by Crippen LogP contribution is -2.30. The predicted octanol–water partition coefficient (Wildman–Crippen LogP) is 4.38. The summed E-state index contributed by atoms with van der Waals surface area (Å²) in [6.45, 7) is 6.92. The second-order valence-corrected chi connectivity index (χ2v) is 7.64. The van der Waals surface area contributed by atoms with Crippen LogP contribution in [0, 0.1) is 6.92 Å². The molecule has 2 aromatic rings.